The summed E-state index contributed by atoms with van der Waals surface area (Å²) in [5.41, 5.74) is -1.98. The van der Waals surface area contributed by atoms with Crippen LogP contribution in [0.15, 0.2) is 61.2 Å². The smallest absolute Gasteiger partial charge is 0.265 e. The molecule has 0 bridgehead atoms. The van der Waals surface area contributed by atoms with E-state index in [1.165, 1.54) is 12.1 Å². The lowest BCUT2D eigenvalue weighted by Crippen LogP contribution is -2.19. The molecule has 9 nitrogen and oxygen atoms in total. The van der Waals surface area contributed by atoms with E-state index in [1.54, 1.807) is 12.1 Å². The molecule has 0 aromatic heterocycles. The molecule has 0 saturated carbocycles. The van der Waals surface area contributed by atoms with Gasteiger partial charge in [0.05, 0.1) is 23.1 Å². The summed E-state index contributed by atoms with van der Waals surface area (Å²) in [6.45, 7) is 0. The number of anilines is 2. The molecular weight excluding hydrogens is 650 g/mol. The predicted molar refractivity (Wildman–Crippen MR) is 132 cm³/mol. The van der Waals surface area contributed by atoms with Crippen LogP contribution in [0, 0.1) is 34.3 Å². The number of rotatable bonds is 7. The Kier molecular flexibility index (Phi) is 7.90. The van der Waals surface area contributed by atoms with E-state index >= 15 is 0 Å². The van der Waals surface area contributed by atoms with Crippen molar-refractivity contribution in [3.05, 3.63) is 74.2 Å². The summed E-state index contributed by atoms with van der Waals surface area (Å²) in [6, 6.07) is 10.3. The van der Waals surface area contributed by atoms with Crippen molar-refractivity contribution >= 4 is 63.3 Å². The normalized spacial score (nSPS) is 11.3. The first-order valence-corrected chi connectivity index (χ1v) is 13.9. The highest BCUT2D eigenvalue weighted by atomic mass is 79.9. The fourth-order valence-electron chi connectivity index (χ4n) is 2.95. The highest BCUT2D eigenvalue weighted by Crippen LogP contribution is 2.33. The zero-order valence-electron chi connectivity index (χ0n) is 17.8. The molecule has 0 radical (unpaired) electrons. The first-order valence-electron chi connectivity index (χ1n) is 9.35. The van der Waals surface area contributed by atoms with Crippen LogP contribution >= 0.6 is 31.9 Å². The van der Waals surface area contributed by atoms with Crippen molar-refractivity contribution in [2.24, 2.45) is 0 Å². The van der Waals surface area contributed by atoms with Gasteiger partial charge in [0.2, 0.25) is 0 Å². The number of hydrogen-bond acceptors (Lipinski definition) is 7. The summed E-state index contributed by atoms with van der Waals surface area (Å²) < 4.78 is 90.3. The second kappa shape index (κ2) is 10.4. The minimum absolute atomic E-state index is 0.188. The zero-order chi connectivity index (χ0) is 26.8. The lowest BCUT2D eigenvalue weighted by atomic mass is 10.2. The molecule has 2 N–H and O–H groups in total. The molecule has 3 rings (SSSR count). The molecule has 0 unspecified atom stereocenters. The predicted octanol–water partition coefficient (Wildman–Crippen LogP) is 4.84. The minimum Gasteiger partial charge on any atom is -0.495 e. The van der Waals surface area contributed by atoms with Crippen molar-refractivity contribution in [2.75, 3.05) is 16.6 Å². The molecule has 0 aliphatic heterocycles. The molecule has 0 amide bonds. The van der Waals surface area contributed by atoms with Crippen LogP contribution in [0.4, 0.5) is 20.2 Å². The molecule has 0 aliphatic rings. The van der Waals surface area contributed by atoms with Crippen LogP contribution in [0.5, 0.6) is 5.75 Å². The quantitative estimate of drug-likeness (QED) is 0.368. The lowest BCUT2D eigenvalue weighted by Gasteiger charge is -2.15. The summed E-state index contributed by atoms with van der Waals surface area (Å²) >= 11 is 6.00. The topological polar surface area (TPSA) is 149 Å². The maximum atomic E-state index is 14.5. The van der Waals surface area contributed by atoms with Crippen LogP contribution in [0.3, 0.4) is 0 Å². The summed E-state index contributed by atoms with van der Waals surface area (Å²) in [7, 11) is -8.21. The number of nitrogens with one attached hydrogen (secondary N) is 2. The van der Waals surface area contributed by atoms with Gasteiger partial charge in [-0.25, -0.2) is 25.6 Å². The Morgan fingerprint density at radius 2 is 1.28 bits per heavy atom. The van der Waals surface area contributed by atoms with Gasteiger partial charge in [-0.3, -0.25) is 9.44 Å². The molecule has 0 aliphatic carbocycles. The monoisotopic (exact) mass is 660 g/mol. The molecule has 0 saturated heterocycles. The van der Waals surface area contributed by atoms with Crippen LogP contribution < -0.4 is 14.2 Å². The van der Waals surface area contributed by atoms with Crippen LogP contribution in [0.2, 0.25) is 0 Å². The molecule has 3 aromatic carbocycles. The van der Waals surface area contributed by atoms with Crippen molar-refractivity contribution < 1.29 is 30.4 Å². The number of sulfonamides is 2. The van der Waals surface area contributed by atoms with Crippen molar-refractivity contribution in [2.45, 2.75) is 9.79 Å². The van der Waals surface area contributed by atoms with Gasteiger partial charge in [0.15, 0.2) is 0 Å². The van der Waals surface area contributed by atoms with E-state index < -0.39 is 52.8 Å². The average molecular weight is 662 g/mol. The summed E-state index contributed by atoms with van der Waals surface area (Å²) in [6.07, 6.45) is 0. The van der Waals surface area contributed by atoms with Crippen molar-refractivity contribution in [3.63, 3.8) is 0 Å². The Morgan fingerprint density at radius 1 is 0.806 bits per heavy atom. The van der Waals surface area contributed by atoms with Gasteiger partial charge >= 0.3 is 0 Å². The molecule has 0 spiro atoms. The van der Waals surface area contributed by atoms with Crippen molar-refractivity contribution in [1.29, 1.82) is 10.5 Å². The largest absolute Gasteiger partial charge is 0.495 e. The second-order valence-electron chi connectivity index (χ2n) is 6.87. The molecule has 15 heteroatoms. The molecule has 0 atom stereocenters. The van der Waals surface area contributed by atoms with E-state index in [1.807, 2.05) is 9.44 Å². The van der Waals surface area contributed by atoms with Gasteiger partial charge in [-0.05, 0) is 42.5 Å². The zero-order valence-corrected chi connectivity index (χ0v) is 22.6. The number of nitrogens with zero attached hydrogens (tertiary/aromatic N) is 2. The fourth-order valence-corrected chi connectivity index (χ4v) is 6.28. The maximum Gasteiger partial charge on any atom is 0.265 e. The Hall–Kier alpha value is -3.24. The highest BCUT2D eigenvalue weighted by Gasteiger charge is 2.27. The first-order chi connectivity index (χ1) is 16.8. The Balaban J connectivity index is 2.11. The van der Waals surface area contributed by atoms with Gasteiger partial charge in [0.1, 0.15) is 45.8 Å². The van der Waals surface area contributed by atoms with Crippen LogP contribution in [-0.2, 0) is 20.0 Å². The van der Waals surface area contributed by atoms with Gasteiger partial charge in [-0.2, -0.15) is 10.5 Å². The van der Waals surface area contributed by atoms with E-state index in [-0.39, 0.29) is 25.8 Å². The van der Waals surface area contributed by atoms with Gasteiger partial charge in [0, 0.05) is 8.95 Å². The van der Waals surface area contributed by atoms with E-state index in [0.717, 1.165) is 31.4 Å². The van der Waals surface area contributed by atoms with Crippen LogP contribution in [0.25, 0.3) is 0 Å². The van der Waals surface area contributed by atoms with E-state index in [0.29, 0.717) is 6.07 Å². The lowest BCUT2D eigenvalue weighted by molar-refractivity contribution is 0.402. The third-order valence-electron chi connectivity index (χ3n) is 4.56. The molecular formula is C21H12Br2F2N4O5S2. The Morgan fingerprint density at radius 3 is 1.72 bits per heavy atom. The molecule has 0 fully saturated rings. The molecule has 36 heavy (non-hydrogen) atoms. The van der Waals surface area contributed by atoms with Gasteiger partial charge in [-0.1, -0.05) is 31.9 Å². The van der Waals surface area contributed by atoms with Crippen LogP contribution in [-0.4, -0.2) is 23.9 Å². The van der Waals surface area contributed by atoms with Gasteiger partial charge in [-0.15, -0.1) is 0 Å². The maximum absolute atomic E-state index is 14.5. The SMILES string of the molecule is COc1ccc(S(=O)(=O)Nc2c(F)cc(Br)cc2C#N)cc1S(=O)(=O)Nc1c(F)cc(Br)cc1C#N. The summed E-state index contributed by atoms with van der Waals surface area (Å²) in [4.78, 5) is -1.34. The first kappa shape index (κ1) is 27.3. The van der Waals surface area contributed by atoms with E-state index in [2.05, 4.69) is 31.9 Å². The fraction of sp³-hybridized carbons (Fsp3) is 0.0476. The average Bonchev–Trinajstić information content (AvgIpc) is 2.81. The van der Waals surface area contributed by atoms with E-state index in [9.17, 15) is 36.1 Å². The molecule has 0 heterocycles. The van der Waals surface area contributed by atoms with Gasteiger partial charge < -0.3 is 4.74 Å². The summed E-state index contributed by atoms with van der Waals surface area (Å²) in [5.74, 6) is -2.42. The standard InChI is InChI=1S/C21H12Br2F2N4O5S2/c1-34-18-3-2-15(35(30,31)28-20-11(9-26)4-13(22)6-16(20)24)8-19(18)36(32,33)29-21-12(10-27)5-14(23)7-17(21)25/h2-8,28-29H,1H3. The molecule has 3 aromatic rings. The third-order valence-corrected chi connectivity index (χ3v) is 8.19. The van der Waals surface area contributed by atoms with Gasteiger partial charge in [0.25, 0.3) is 20.0 Å². The number of ether oxygens (including phenoxy) is 1. The number of nitriles is 2. The highest BCUT2D eigenvalue weighted by molar-refractivity contribution is 9.10. The molecule has 186 valence electrons. The van der Waals surface area contributed by atoms with Crippen molar-refractivity contribution in [3.8, 4) is 17.9 Å². The Bertz CT molecular complexity index is 1690. The number of halogens is 4. The number of benzene rings is 3. The summed E-state index contributed by atoms with van der Waals surface area (Å²) in [5, 5.41) is 18.5. The Labute approximate surface area is 221 Å². The minimum atomic E-state index is -4.71. The van der Waals surface area contributed by atoms with Crippen LogP contribution in [0.1, 0.15) is 11.1 Å². The number of hydrogen-bond donors (Lipinski definition) is 2. The van der Waals surface area contributed by atoms with E-state index in [4.69, 9.17) is 4.74 Å². The second-order valence-corrected chi connectivity index (χ2v) is 12.0. The number of methoxy groups -OCH3 is 1. The van der Waals surface area contributed by atoms with Crippen molar-refractivity contribution in [1.82, 2.24) is 0 Å². The third kappa shape index (κ3) is 5.60.